The first-order chi connectivity index (χ1) is 7.84. The average Bonchev–Trinajstić information content (AvgIpc) is 2.91. The van der Waals surface area contributed by atoms with E-state index in [1.54, 1.807) is 7.05 Å². The van der Waals surface area contributed by atoms with Crippen LogP contribution in [-0.4, -0.2) is 40.3 Å². The zero-order valence-electron chi connectivity index (χ0n) is 11.5. The normalized spacial score (nSPS) is 26.5. The Kier molecular flexibility index (Phi) is 4.98. The van der Waals surface area contributed by atoms with E-state index < -0.39 is 10.8 Å². The maximum Gasteiger partial charge on any atom is 0.191 e. The van der Waals surface area contributed by atoms with Gasteiger partial charge in [-0.25, -0.2) is 0 Å². The molecule has 0 amide bonds. The van der Waals surface area contributed by atoms with Gasteiger partial charge in [-0.3, -0.25) is 9.20 Å². The Hall–Kier alpha value is -0.580. The van der Waals surface area contributed by atoms with Gasteiger partial charge < -0.3 is 10.6 Å². The van der Waals surface area contributed by atoms with Crippen LogP contribution >= 0.6 is 0 Å². The molecule has 0 radical (unpaired) electrons. The van der Waals surface area contributed by atoms with Crippen LogP contribution in [0.15, 0.2) is 4.99 Å². The zero-order valence-corrected chi connectivity index (χ0v) is 12.4. The van der Waals surface area contributed by atoms with Crippen LogP contribution in [0.4, 0.5) is 0 Å². The number of guanidine groups is 1. The van der Waals surface area contributed by atoms with Crippen molar-refractivity contribution in [2.45, 2.75) is 44.9 Å². The summed E-state index contributed by atoms with van der Waals surface area (Å²) >= 11 is 0. The molecule has 1 rings (SSSR count). The highest BCUT2D eigenvalue weighted by Crippen LogP contribution is 2.28. The minimum Gasteiger partial charge on any atom is -0.355 e. The summed E-state index contributed by atoms with van der Waals surface area (Å²) in [5.74, 6) is 2.23. The molecule has 0 heterocycles. The van der Waals surface area contributed by atoms with Crippen LogP contribution in [0.3, 0.4) is 0 Å². The van der Waals surface area contributed by atoms with Gasteiger partial charge in [0.05, 0.1) is 0 Å². The van der Waals surface area contributed by atoms with Crippen molar-refractivity contribution in [3.63, 3.8) is 0 Å². The van der Waals surface area contributed by atoms with Crippen LogP contribution < -0.4 is 10.6 Å². The maximum absolute atomic E-state index is 11.8. The molecular weight excluding hydrogens is 234 g/mol. The van der Waals surface area contributed by atoms with Gasteiger partial charge in [-0.1, -0.05) is 6.92 Å². The summed E-state index contributed by atoms with van der Waals surface area (Å²) in [6.45, 7) is 8.93. The lowest BCUT2D eigenvalue weighted by Gasteiger charge is -2.18. The molecule has 0 spiro atoms. The second kappa shape index (κ2) is 5.85. The molecule has 3 unspecified atom stereocenters. The highest BCUT2D eigenvalue weighted by atomic mass is 32.2. The molecule has 0 aromatic heterocycles. The van der Waals surface area contributed by atoms with E-state index in [4.69, 9.17) is 0 Å². The van der Waals surface area contributed by atoms with Crippen LogP contribution in [0.2, 0.25) is 0 Å². The Balaban J connectivity index is 2.22. The fourth-order valence-corrected chi connectivity index (χ4v) is 2.36. The van der Waals surface area contributed by atoms with Gasteiger partial charge in [-0.2, -0.15) is 0 Å². The van der Waals surface area contributed by atoms with Crippen LogP contribution in [0, 0.1) is 5.92 Å². The van der Waals surface area contributed by atoms with E-state index in [0.717, 1.165) is 11.9 Å². The van der Waals surface area contributed by atoms with Crippen LogP contribution in [-0.2, 0) is 10.8 Å². The van der Waals surface area contributed by atoms with E-state index in [1.807, 2.05) is 20.8 Å². The predicted octanol–water partition coefficient (Wildman–Crippen LogP) is 1.11. The molecule has 0 bridgehead atoms. The van der Waals surface area contributed by atoms with Crippen molar-refractivity contribution in [3.8, 4) is 0 Å². The maximum atomic E-state index is 11.8. The van der Waals surface area contributed by atoms with Gasteiger partial charge in [0.15, 0.2) is 5.96 Å². The van der Waals surface area contributed by atoms with E-state index in [0.29, 0.717) is 18.3 Å². The summed E-state index contributed by atoms with van der Waals surface area (Å²) < 4.78 is 11.7. The van der Waals surface area contributed by atoms with Crippen molar-refractivity contribution in [1.82, 2.24) is 10.6 Å². The van der Waals surface area contributed by atoms with Crippen molar-refractivity contribution in [3.05, 3.63) is 0 Å². The van der Waals surface area contributed by atoms with Crippen LogP contribution in [0.5, 0.6) is 0 Å². The van der Waals surface area contributed by atoms with Gasteiger partial charge in [0, 0.05) is 40.9 Å². The first-order valence-corrected chi connectivity index (χ1v) is 7.52. The number of nitrogens with one attached hydrogen (secondary N) is 2. The topological polar surface area (TPSA) is 53.5 Å². The van der Waals surface area contributed by atoms with E-state index in [1.165, 1.54) is 6.42 Å². The van der Waals surface area contributed by atoms with E-state index in [2.05, 4.69) is 22.5 Å². The van der Waals surface area contributed by atoms with Gasteiger partial charge in [0.2, 0.25) is 0 Å². The van der Waals surface area contributed by atoms with E-state index in [-0.39, 0.29) is 4.75 Å². The number of hydrogen-bond acceptors (Lipinski definition) is 2. The average molecular weight is 259 g/mol. The van der Waals surface area contributed by atoms with Gasteiger partial charge in [-0.05, 0) is 33.1 Å². The van der Waals surface area contributed by atoms with Crippen LogP contribution in [0.25, 0.3) is 0 Å². The molecule has 1 saturated carbocycles. The highest BCUT2D eigenvalue weighted by Gasteiger charge is 2.33. The Labute approximate surface area is 107 Å². The van der Waals surface area contributed by atoms with Crippen molar-refractivity contribution in [2.24, 2.45) is 10.9 Å². The number of rotatable bonds is 4. The highest BCUT2D eigenvalue weighted by molar-refractivity contribution is 7.86. The molecule has 17 heavy (non-hydrogen) atoms. The van der Waals surface area contributed by atoms with Crippen molar-refractivity contribution in [1.29, 1.82) is 0 Å². The number of hydrogen-bond donors (Lipinski definition) is 2. The third kappa shape index (κ3) is 5.06. The summed E-state index contributed by atoms with van der Waals surface area (Å²) in [6.07, 6.45) is 1.22. The fraction of sp³-hybridized carbons (Fsp3) is 0.917. The minimum absolute atomic E-state index is 0.135. The lowest BCUT2D eigenvalue weighted by Crippen LogP contribution is -2.41. The molecule has 1 aliphatic carbocycles. The van der Waals surface area contributed by atoms with Crippen LogP contribution in [0.1, 0.15) is 34.1 Å². The smallest absolute Gasteiger partial charge is 0.191 e. The molecule has 0 aromatic rings. The number of nitrogens with zero attached hydrogens (tertiary/aromatic N) is 1. The first-order valence-electron chi connectivity index (χ1n) is 6.20. The zero-order chi connectivity index (χ0) is 13.1. The molecule has 0 aliphatic heterocycles. The molecule has 1 aliphatic rings. The fourth-order valence-electron chi connectivity index (χ4n) is 1.46. The SMILES string of the molecule is CN=C(NCCS(=O)C(C)(C)C)NC1CC1C. The molecule has 100 valence electrons. The van der Waals surface area contributed by atoms with Gasteiger partial charge in [-0.15, -0.1) is 0 Å². The van der Waals surface area contributed by atoms with Crippen molar-refractivity contribution >= 4 is 16.8 Å². The monoisotopic (exact) mass is 259 g/mol. The summed E-state index contributed by atoms with van der Waals surface area (Å²) in [7, 11) is 0.962. The summed E-state index contributed by atoms with van der Waals surface area (Å²) in [5.41, 5.74) is 0. The second-order valence-corrected chi connectivity index (χ2v) is 7.95. The molecule has 0 aromatic carbocycles. The quantitative estimate of drug-likeness (QED) is 0.587. The van der Waals surface area contributed by atoms with Gasteiger partial charge in [0.25, 0.3) is 0 Å². The minimum atomic E-state index is -0.805. The molecule has 5 heteroatoms. The molecule has 1 fully saturated rings. The van der Waals surface area contributed by atoms with Crippen molar-refractivity contribution < 1.29 is 4.21 Å². The third-order valence-electron chi connectivity index (χ3n) is 2.92. The molecule has 2 N–H and O–H groups in total. The van der Waals surface area contributed by atoms with Gasteiger partial charge in [0.1, 0.15) is 0 Å². The summed E-state index contributed by atoms with van der Waals surface area (Å²) in [6, 6.07) is 0.564. The Morgan fingerprint density at radius 3 is 2.47 bits per heavy atom. The summed E-state index contributed by atoms with van der Waals surface area (Å²) in [5, 5.41) is 6.55. The molecular formula is C12H25N3OS. The Morgan fingerprint density at radius 1 is 1.47 bits per heavy atom. The Bertz CT molecular complexity index is 309. The van der Waals surface area contributed by atoms with Gasteiger partial charge >= 0.3 is 0 Å². The second-order valence-electron chi connectivity index (χ2n) is 5.62. The number of aliphatic imine (C=N–C) groups is 1. The predicted molar refractivity (Wildman–Crippen MR) is 74.8 cm³/mol. The van der Waals surface area contributed by atoms with Crippen molar-refractivity contribution in [2.75, 3.05) is 19.3 Å². The standard InChI is InChI=1S/C12H25N3OS/c1-9-8-10(9)15-11(13-5)14-6-7-17(16)12(2,3)4/h9-10H,6-8H2,1-5H3,(H2,13,14,15). The largest absolute Gasteiger partial charge is 0.355 e. The van der Waals surface area contributed by atoms with E-state index in [9.17, 15) is 4.21 Å². The lowest BCUT2D eigenvalue weighted by molar-refractivity contribution is 0.646. The third-order valence-corrected chi connectivity index (χ3v) is 4.86. The molecule has 3 atom stereocenters. The summed E-state index contributed by atoms with van der Waals surface area (Å²) in [4.78, 5) is 4.16. The van der Waals surface area contributed by atoms with E-state index >= 15 is 0 Å². The Morgan fingerprint density at radius 2 is 2.06 bits per heavy atom. The molecule has 4 nitrogen and oxygen atoms in total. The first kappa shape index (κ1) is 14.5. The lowest BCUT2D eigenvalue weighted by atomic mass is 10.3. The molecule has 0 saturated heterocycles.